The lowest BCUT2D eigenvalue weighted by atomic mass is 9.82. The van der Waals surface area contributed by atoms with Gasteiger partial charge in [-0.15, -0.1) is 0 Å². The molecule has 2 rings (SSSR count). The van der Waals surface area contributed by atoms with Crippen molar-refractivity contribution in [3.63, 3.8) is 0 Å². The molecule has 2 aromatic rings. The van der Waals surface area contributed by atoms with E-state index in [1.54, 1.807) is 18.2 Å². The maximum absolute atomic E-state index is 14.9. The predicted molar refractivity (Wildman–Crippen MR) is 106 cm³/mol. The first-order chi connectivity index (χ1) is 12.5. The maximum atomic E-state index is 14.9. The van der Waals surface area contributed by atoms with Crippen LogP contribution in [-0.4, -0.2) is 11.1 Å². The number of allylic oxidation sites excluding steroid dienone is 1. The number of hydrogen-bond acceptors (Lipinski definition) is 1. The maximum Gasteiger partial charge on any atom is 0.335 e. The Hall–Kier alpha value is -2.42. The van der Waals surface area contributed by atoms with Crippen molar-refractivity contribution in [2.24, 2.45) is 0 Å². The molecule has 1 N–H and O–H groups in total. The molecule has 0 saturated carbocycles. The van der Waals surface area contributed by atoms with E-state index in [0.717, 1.165) is 30.4 Å². The van der Waals surface area contributed by atoms with Gasteiger partial charge in [0.1, 0.15) is 5.83 Å². The second-order valence-electron chi connectivity index (χ2n) is 6.65. The van der Waals surface area contributed by atoms with Gasteiger partial charge < -0.3 is 5.11 Å². The first kappa shape index (κ1) is 19.9. The van der Waals surface area contributed by atoms with Gasteiger partial charge in [0.05, 0.1) is 5.56 Å². The molecule has 0 heterocycles. The molecule has 2 aromatic carbocycles. The van der Waals surface area contributed by atoms with Gasteiger partial charge >= 0.3 is 5.97 Å². The minimum Gasteiger partial charge on any atom is -0.478 e. The van der Waals surface area contributed by atoms with Gasteiger partial charge in [-0.3, -0.25) is 0 Å². The Morgan fingerprint density at radius 3 is 2.31 bits per heavy atom. The normalized spacial score (nSPS) is 12.8. The standard InChI is InChI=1S/C23H27FO2/c1-4-6-13-20(24)18-14-15-19(23(25)26)21(16(3)10-5-2)22(18)17-11-8-7-9-12-17/h7-9,11-16H,4-6,10H2,1-3H3,(H,25,26)/b20-13+. The topological polar surface area (TPSA) is 37.3 Å². The molecule has 0 aliphatic carbocycles. The summed E-state index contributed by atoms with van der Waals surface area (Å²) in [5, 5.41) is 9.72. The highest BCUT2D eigenvalue weighted by Crippen LogP contribution is 2.40. The van der Waals surface area contributed by atoms with Crippen molar-refractivity contribution in [1.82, 2.24) is 0 Å². The summed E-state index contributed by atoms with van der Waals surface area (Å²) in [6.45, 7) is 6.10. The zero-order valence-corrected chi connectivity index (χ0v) is 15.8. The van der Waals surface area contributed by atoms with E-state index in [9.17, 15) is 14.3 Å². The minimum absolute atomic E-state index is 0.0280. The average molecular weight is 354 g/mol. The van der Waals surface area contributed by atoms with Crippen LogP contribution in [0.1, 0.15) is 73.9 Å². The number of benzene rings is 2. The molecule has 1 unspecified atom stereocenters. The van der Waals surface area contributed by atoms with Crippen LogP contribution in [-0.2, 0) is 0 Å². The SMILES string of the molecule is CCC/C=C(/F)c1ccc(C(=O)O)c(C(C)CCC)c1-c1ccccc1. The highest BCUT2D eigenvalue weighted by atomic mass is 19.1. The van der Waals surface area contributed by atoms with Crippen LogP contribution in [0.4, 0.5) is 4.39 Å². The third-order valence-electron chi connectivity index (χ3n) is 4.62. The fourth-order valence-electron chi connectivity index (χ4n) is 3.39. The van der Waals surface area contributed by atoms with Crippen LogP contribution in [0.3, 0.4) is 0 Å². The molecule has 26 heavy (non-hydrogen) atoms. The van der Waals surface area contributed by atoms with Crippen molar-refractivity contribution in [2.75, 3.05) is 0 Å². The lowest BCUT2D eigenvalue weighted by Gasteiger charge is -2.22. The summed E-state index contributed by atoms with van der Waals surface area (Å²) >= 11 is 0. The van der Waals surface area contributed by atoms with E-state index in [2.05, 4.69) is 6.92 Å². The fourth-order valence-corrected chi connectivity index (χ4v) is 3.39. The quantitative estimate of drug-likeness (QED) is 0.550. The van der Waals surface area contributed by atoms with Crippen molar-refractivity contribution in [3.05, 3.63) is 65.2 Å². The minimum atomic E-state index is -0.968. The molecule has 1 atom stereocenters. The van der Waals surface area contributed by atoms with Gasteiger partial charge in [-0.2, -0.15) is 0 Å². The molecule has 138 valence electrons. The van der Waals surface area contributed by atoms with E-state index in [4.69, 9.17) is 0 Å². The van der Waals surface area contributed by atoms with Gasteiger partial charge in [0.25, 0.3) is 0 Å². The molecule has 0 fully saturated rings. The Kier molecular flexibility index (Phi) is 7.14. The number of aromatic carboxylic acids is 1. The van der Waals surface area contributed by atoms with Crippen LogP contribution in [0.2, 0.25) is 0 Å². The Morgan fingerprint density at radius 2 is 1.73 bits per heavy atom. The molecule has 2 nitrogen and oxygen atoms in total. The number of unbranched alkanes of at least 4 members (excludes halogenated alkanes) is 1. The van der Waals surface area contributed by atoms with Gasteiger partial charge in [0.2, 0.25) is 0 Å². The number of carboxylic acids is 1. The van der Waals surface area contributed by atoms with Crippen molar-refractivity contribution in [3.8, 4) is 11.1 Å². The van der Waals surface area contributed by atoms with Crippen LogP contribution in [0.25, 0.3) is 17.0 Å². The van der Waals surface area contributed by atoms with E-state index < -0.39 is 5.97 Å². The van der Waals surface area contributed by atoms with Crippen LogP contribution >= 0.6 is 0 Å². The molecule has 0 aromatic heterocycles. The smallest absolute Gasteiger partial charge is 0.335 e. The van der Waals surface area contributed by atoms with Gasteiger partial charge in [0.15, 0.2) is 0 Å². The Morgan fingerprint density at radius 1 is 1.08 bits per heavy atom. The van der Waals surface area contributed by atoms with Crippen molar-refractivity contribution >= 4 is 11.8 Å². The van der Waals surface area contributed by atoms with Gasteiger partial charge in [-0.05, 0) is 47.6 Å². The van der Waals surface area contributed by atoms with E-state index in [0.29, 0.717) is 17.5 Å². The van der Waals surface area contributed by atoms with Crippen LogP contribution in [0, 0.1) is 0 Å². The molecule has 0 bridgehead atoms. The summed E-state index contributed by atoms with van der Waals surface area (Å²) in [4.78, 5) is 11.9. The van der Waals surface area contributed by atoms with Crippen molar-refractivity contribution in [2.45, 2.75) is 52.4 Å². The number of carbonyl (C=O) groups is 1. The second-order valence-corrected chi connectivity index (χ2v) is 6.65. The summed E-state index contributed by atoms with van der Waals surface area (Å²) in [5.41, 5.74) is 3.02. The number of carboxylic acid groups (broad SMARTS) is 1. The average Bonchev–Trinajstić information content (AvgIpc) is 2.65. The molecule has 0 aliphatic heterocycles. The largest absolute Gasteiger partial charge is 0.478 e. The predicted octanol–water partition coefficient (Wildman–Crippen LogP) is 7.07. The first-order valence-electron chi connectivity index (χ1n) is 9.32. The monoisotopic (exact) mass is 354 g/mol. The van der Waals surface area contributed by atoms with Gasteiger partial charge in [-0.1, -0.05) is 70.0 Å². The zero-order chi connectivity index (χ0) is 19.1. The molecule has 0 radical (unpaired) electrons. The lowest BCUT2D eigenvalue weighted by molar-refractivity contribution is 0.0695. The van der Waals surface area contributed by atoms with Crippen LogP contribution in [0.15, 0.2) is 48.5 Å². The first-order valence-corrected chi connectivity index (χ1v) is 9.32. The van der Waals surface area contributed by atoms with Crippen LogP contribution < -0.4 is 0 Å². The summed E-state index contributed by atoms with van der Waals surface area (Å²) in [5.74, 6) is -1.22. The fraction of sp³-hybridized carbons (Fsp3) is 0.348. The number of rotatable bonds is 8. The number of halogens is 1. The molecule has 0 aliphatic rings. The summed E-state index contributed by atoms with van der Waals surface area (Å²) < 4.78 is 14.9. The molecular weight excluding hydrogens is 327 g/mol. The van der Waals surface area contributed by atoms with E-state index in [1.807, 2.05) is 44.2 Å². The zero-order valence-electron chi connectivity index (χ0n) is 15.8. The summed E-state index contributed by atoms with van der Waals surface area (Å²) in [6.07, 6.45) is 4.90. The Labute approximate surface area is 155 Å². The third-order valence-corrected chi connectivity index (χ3v) is 4.62. The van der Waals surface area contributed by atoms with Gasteiger partial charge in [-0.25, -0.2) is 9.18 Å². The molecule has 0 saturated heterocycles. The highest BCUT2D eigenvalue weighted by Gasteiger charge is 2.24. The van der Waals surface area contributed by atoms with Crippen molar-refractivity contribution < 1.29 is 14.3 Å². The van der Waals surface area contributed by atoms with Crippen LogP contribution in [0.5, 0.6) is 0 Å². The van der Waals surface area contributed by atoms with Crippen molar-refractivity contribution in [1.29, 1.82) is 0 Å². The number of hydrogen-bond donors (Lipinski definition) is 1. The van der Waals surface area contributed by atoms with E-state index >= 15 is 0 Å². The highest BCUT2D eigenvalue weighted by molar-refractivity contribution is 5.95. The molecular formula is C23H27FO2. The second kappa shape index (κ2) is 9.33. The summed E-state index contributed by atoms with van der Waals surface area (Å²) in [7, 11) is 0. The molecule has 0 amide bonds. The molecule has 0 spiro atoms. The third kappa shape index (κ3) is 4.40. The van der Waals surface area contributed by atoms with Gasteiger partial charge in [0, 0.05) is 5.56 Å². The lowest BCUT2D eigenvalue weighted by Crippen LogP contribution is -2.09. The van der Waals surface area contributed by atoms with E-state index in [1.165, 1.54) is 0 Å². The Bertz CT molecular complexity index is 778. The summed E-state index contributed by atoms with van der Waals surface area (Å²) in [6, 6.07) is 12.7. The Balaban J connectivity index is 2.82. The molecule has 3 heteroatoms. The van der Waals surface area contributed by atoms with E-state index in [-0.39, 0.29) is 17.3 Å².